The molecular formula is C14H13BrF3NO3. The van der Waals surface area contributed by atoms with E-state index in [1.807, 2.05) is 6.92 Å². The maximum atomic E-state index is 13.1. The van der Waals surface area contributed by atoms with Gasteiger partial charge in [-0.2, -0.15) is 13.2 Å². The third-order valence-corrected chi connectivity index (χ3v) is 4.78. The Morgan fingerprint density at radius 1 is 1.36 bits per heavy atom. The predicted octanol–water partition coefficient (Wildman–Crippen LogP) is 3.24. The maximum Gasteiger partial charge on any atom is 0.406 e. The number of aryl methyl sites for hydroxylation is 1. The van der Waals surface area contributed by atoms with Gasteiger partial charge < -0.3 is 10.0 Å². The molecule has 1 amide bonds. The molecular weight excluding hydrogens is 367 g/mol. The van der Waals surface area contributed by atoms with Crippen molar-refractivity contribution in [3.8, 4) is 0 Å². The number of alkyl halides is 3. The van der Waals surface area contributed by atoms with Crippen molar-refractivity contribution in [3.63, 3.8) is 0 Å². The molecule has 0 spiro atoms. The van der Waals surface area contributed by atoms with Gasteiger partial charge in [-0.15, -0.1) is 0 Å². The normalized spacial score (nSPS) is 22.0. The molecule has 1 N–H and O–H groups in total. The van der Waals surface area contributed by atoms with Crippen molar-refractivity contribution in [2.24, 2.45) is 5.41 Å². The number of benzene rings is 1. The molecule has 1 saturated heterocycles. The molecule has 0 radical (unpaired) electrons. The Morgan fingerprint density at radius 2 is 2.00 bits per heavy atom. The number of likely N-dealkylation sites (tertiary alicyclic amines) is 1. The van der Waals surface area contributed by atoms with E-state index in [0.717, 1.165) is 10.5 Å². The Kier molecular flexibility index (Phi) is 4.25. The lowest BCUT2D eigenvalue weighted by atomic mass is 9.86. The summed E-state index contributed by atoms with van der Waals surface area (Å²) in [6, 6.07) is 4.70. The molecule has 1 aromatic rings. The summed E-state index contributed by atoms with van der Waals surface area (Å²) in [4.78, 5) is 24.3. The van der Waals surface area contributed by atoms with Crippen LogP contribution >= 0.6 is 15.9 Å². The Morgan fingerprint density at radius 3 is 2.45 bits per heavy atom. The minimum atomic E-state index is -4.90. The summed E-state index contributed by atoms with van der Waals surface area (Å²) in [5, 5.41) is 8.98. The van der Waals surface area contributed by atoms with Gasteiger partial charge in [-0.25, -0.2) is 0 Å². The number of hydrogen-bond donors (Lipinski definition) is 1. The van der Waals surface area contributed by atoms with Crippen molar-refractivity contribution in [3.05, 3.63) is 33.8 Å². The second kappa shape index (κ2) is 5.57. The minimum absolute atomic E-state index is 0.223. The summed E-state index contributed by atoms with van der Waals surface area (Å²) in [5.41, 5.74) is -1.78. The van der Waals surface area contributed by atoms with Gasteiger partial charge >= 0.3 is 12.1 Å². The SMILES string of the molecule is Cc1ccc(C(=O)N2CCC(C(=O)O)(C(F)(F)F)C2)cc1Br. The van der Waals surface area contributed by atoms with Gasteiger partial charge in [0.05, 0.1) is 0 Å². The molecule has 1 unspecified atom stereocenters. The average Bonchev–Trinajstić information content (AvgIpc) is 2.87. The van der Waals surface area contributed by atoms with E-state index >= 15 is 0 Å². The lowest BCUT2D eigenvalue weighted by Crippen LogP contribution is -2.47. The van der Waals surface area contributed by atoms with Crippen LogP contribution in [0.1, 0.15) is 22.3 Å². The number of rotatable bonds is 2. The van der Waals surface area contributed by atoms with Gasteiger partial charge in [0, 0.05) is 23.1 Å². The first-order valence-corrected chi connectivity index (χ1v) is 7.23. The van der Waals surface area contributed by atoms with Crippen molar-refractivity contribution < 1.29 is 27.9 Å². The third kappa shape index (κ3) is 2.71. The van der Waals surface area contributed by atoms with E-state index in [2.05, 4.69) is 15.9 Å². The van der Waals surface area contributed by atoms with E-state index in [9.17, 15) is 22.8 Å². The predicted molar refractivity (Wildman–Crippen MR) is 75.5 cm³/mol. The highest BCUT2D eigenvalue weighted by Gasteiger charge is 2.64. The van der Waals surface area contributed by atoms with Crippen LogP contribution in [-0.4, -0.2) is 41.1 Å². The molecule has 4 nitrogen and oxygen atoms in total. The van der Waals surface area contributed by atoms with E-state index in [-0.39, 0.29) is 12.1 Å². The quantitative estimate of drug-likeness (QED) is 0.857. The molecule has 0 aromatic heterocycles. The van der Waals surface area contributed by atoms with E-state index in [1.165, 1.54) is 12.1 Å². The number of amides is 1. The fourth-order valence-electron chi connectivity index (χ4n) is 2.42. The zero-order valence-corrected chi connectivity index (χ0v) is 13.2. The minimum Gasteiger partial charge on any atom is -0.481 e. The number of hydrogen-bond acceptors (Lipinski definition) is 2. The third-order valence-electron chi connectivity index (χ3n) is 3.93. The summed E-state index contributed by atoms with van der Waals surface area (Å²) < 4.78 is 40.0. The summed E-state index contributed by atoms with van der Waals surface area (Å²) in [6.45, 7) is 0.708. The van der Waals surface area contributed by atoms with Crippen molar-refractivity contribution in [2.45, 2.75) is 19.5 Å². The standard InChI is InChI=1S/C14H13BrF3NO3/c1-8-2-3-9(6-10(8)15)11(20)19-5-4-13(7-19,12(21)22)14(16,17)18/h2-3,6H,4-5,7H2,1H3,(H,21,22). The fraction of sp³-hybridized carbons (Fsp3) is 0.429. The van der Waals surface area contributed by atoms with E-state index in [1.54, 1.807) is 6.07 Å². The number of carbonyl (C=O) groups excluding carboxylic acids is 1. The van der Waals surface area contributed by atoms with Gasteiger partial charge in [-0.05, 0) is 31.0 Å². The number of halogens is 4. The van der Waals surface area contributed by atoms with Crippen LogP contribution < -0.4 is 0 Å². The highest BCUT2D eigenvalue weighted by atomic mass is 79.9. The second-order valence-corrected chi connectivity index (χ2v) is 6.18. The van der Waals surface area contributed by atoms with Crippen molar-refractivity contribution in [2.75, 3.05) is 13.1 Å². The maximum absolute atomic E-state index is 13.1. The Labute approximate surface area is 133 Å². The van der Waals surface area contributed by atoms with Crippen LogP contribution in [0.5, 0.6) is 0 Å². The molecule has 1 fully saturated rings. The van der Waals surface area contributed by atoms with Crippen molar-refractivity contribution >= 4 is 27.8 Å². The molecule has 22 heavy (non-hydrogen) atoms. The van der Waals surface area contributed by atoms with Gasteiger partial charge in [-0.1, -0.05) is 22.0 Å². The Balaban J connectivity index is 2.27. The van der Waals surface area contributed by atoms with Crippen LogP contribution in [0.25, 0.3) is 0 Å². The topological polar surface area (TPSA) is 57.6 Å². The lowest BCUT2D eigenvalue weighted by molar-refractivity contribution is -0.227. The largest absolute Gasteiger partial charge is 0.481 e. The summed E-state index contributed by atoms with van der Waals surface area (Å²) in [7, 11) is 0. The fourth-order valence-corrected chi connectivity index (χ4v) is 2.80. The van der Waals surface area contributed by atoms with Crippen molar-refractivity contribution in [1.29, 1.82) is 0 Å². The summed E-state index contributed by atoms with van der Waals surface area (Å²) >= 11 is 3.26. The van der Waals surface area contributed by atoms with Crippen LogP contribution in [-0.2, 0) is 4.79 Å². The Hall–Kier alpha value is -1.57. The van der Waals surface area contributed by atoms with Crippen LogP contribution in [0.15, 0.2) is 22.7 Å². The summed E-state index contributed by atoms with van der Waals surface area (Å²) in [6.07, 6.45) is -5.54. The second-order valence-electron chi connectivity index (χ2n) is 5.33. The number of aliphatic carboxylic acids is 1. The van der Waals surface area contributed by atoms with Gasteiger partial charge in [0.25, 0.3) is 5.91 Å². The number of carboxylic acid groups (broad SMARTS) is 1. The van der Waals surface area contributed by atoms with E-state index in [4.69, 9.17) is 5.11 Å². The smallest absolute Gasteiger partial charge is 0.406 e. The molecule has 0 bridgehead atoms. The zero-order chi connectivity index (χ0) is 16.7. The monoisotopic (exact) mass is 379 g/mol. The van der Waals surface area contributed by atoms with Crippen LogP contribution in [0.4, 0.5) is 13.2 Å². The van der Waals surface area contributed by atoms with Crippen LogP contribution in [0.3, 0.4) is 0 Å². The van der Waals surface area contributed by atoms with Gasteiger partial charge in [0.2, 0.25) is 0 Å². The van der Waals surface area contributed by atoms with E-state index < -0.39 is 36.4 Å². The molecule has 8 heteroatoms. The molecule has 1 aliphatic heterocycles. The number of carbonyl (C=O) groups is 2. The molecule has 1 atom stereocenters. The van der Waals surface area contributed by atoms with Crippen molar-refractivity contribution in [1.82, 2.24) is 4.90 Å². The molecule has 0 aliphatic carbocycles. The number of nitrogens with zero attached hydrogens (tertiary/aromatic N) is 1. The number of carboxylic acids is 1. The highest BCUT2D eigenvalue weighted by Crippen LogP contribution is 2.46. The van der Waals surface area contributed by atoms with E-state index in [0.29, 0.717) is 4.47 Å². The van der Waals surface area contributed by atoms with Gasteiger partial charge in [0.15, 0.2) is 5.41 Å². The average molecular weight is 380 g/mol. The molecule has 1 aromatic carbocycles. The zero-order valence-electron chi connectivity index (χ0n) is 11.6. The first-order valence-electron chi connectivity index (χ1n) is 6.44. The first kappa shape index (κ1) is 16.8. The Bertz CT molecular complexity index is 632. The summed E-state index contributed by atoms with van der Waals surface area (Å²) in [5.74, 6) is -2.55. The molecule has 0 saturated carbocycles. The van der Waals surface area contributed by atoms with Gasteiger partial charge in [0.1, 0.15) is 0 Å². The first-order chi connectivity index (χ1) is 10.1. The highest BCUT2D eigenvalue weighted by molar-refractivity contribution is 9.10. The molecule has 120 valence electrons. The molecule has 2 rings (SSSR count). The lowest BCUT2D eigenvalue weighted by Gasteiger charge is -2.27. The molecule has 1 aliphatic rings. The van der Waals surface area contributed by atoms with Crippen LogP contribution in [0.2, 0.25) is 0 Å². The van der Waals surface area contributed by atoms with Crippen LogP contribution in [0, 0.1) is 12.3 Å². The molecule has 1 heterocycles. The van der Waals surface area contributed by atoms with Gasteiger partial charge in [-0.3, -0.25) is 9.59 Å².